The number of fused-ring (bicyclic) bond motifs is 2. The Morgan fingerprint density at radius 2 is 2.38 bits per heavy atom. The van der Waals surface area contributed by atoms with Crippen molar-refractivity contribution < 1.29 is 19.7 Å². The minimum absolute atomic E-state index is 0.239. The van der Waals surface area contributed by atoms with E-state index in [-0.39, 0.29) is 5.57 Å². The van der Waals surface area contributed by atoms with Gasteiger partial charge < -0.3 is 14.9 Å². The standard InChI is InChI=1S/C8H9BrO4/c1-8-2-3(10)6(13-8)5(9)4(8)7(11)12/h3,6,10H,2H2,1H3,(H,11,12)/t3-,6-,8+/m0/s1. The van der Waals surface area contributed by atoms with Gasteiger partial charge >= 0.3 is 5.97 Å². The number of hydrogen-bond acceptors (Lipinski definition) is 3. The first kappa shape index (κ1) is 9.18. The summed E-state index contributed by atoms with van der Waals surface area (Å²) in [5.74, 6) is -0.983. The van der Waals surface area contributed by atoms with E-state index in [1.54, 1.807) is 6.92 Å². The number of carboxylic acid groups (broad SMARTS) is 1. The van der Waals surface area contributed by atoms with Gasteiger partial charge in [0, 0.05) is 10.9 Å². The number of rotatable bonds is 1. The Hall–Kier alpha value is -0.390. The molecule has 0 saturated carbocycles. The molecule has 0 spiro atoms. The van der Waals surface area contributed by atoms with Gasteiger partial charge in [-0.05, 0) is 6.92 Å². The SMILES string of the molecule is C[C@]12C[C@H](O)[C@H](O1)C(Br)=C2C(=O)O. The number of hydrogen-bond donors (Lipinski definition) is 2. The molecular formula is C8H9BrO4. The first-order valence-electron chi connectivity index (χ1n) is 3.95. The highest BCUT2D eigenvalue weighted by atomic mass is 79.9. The van der Waals surface area contributed by atoms with Gasteiger partial charge in [0.15, 0.2) is 0 Å². The lowest BCUT2D eigenvalue weighted by Gasteiger charge is -2.21. The topological polar surface area (TPSA) is 66.8 Å². The van der Waals surface area contributed by atoms with Crippen molar-refractivity contribution in [2.45, 2.75) is 31.2 Å². The van der Waals surface area contributed by atoms with Gasteiger partial charge in [-0.2, -0.15) is 0 Å². The zero-order chi connectivity index (χ0) is 9.80. The molecule has 72 valence electrons. The number of carbonyl (C=O) groups is 1. The fraction of sp³-hybridized carbons (Fsp3) is 0.625. The second-order valence-corrected chi connectivity index (χ2v) is 4.42. The maximum atomic E-state index is 10.9. The van der Waals surface area contributed by atoms with Gasteiger partial charge in [-0.15, -0.1) is 0 Å². The Kier molecular flexibility index (Phi) is 1.80. The summed E-state index contributed by atoms with van der Waals surface area (Å²) in [5.41, 5.74) is -0.586. The van der Waals surface area contributed by atoms with Crippen molar-refractivity contribution in [2.24, 2.45) is 0 Å². The van der Waals surface area contributed by atoms with E-state index in [4.69, 9.17) is 9.84 Å². The van der Waals surface area contributed by atoms with Crippen molar-refractivity contribution in [3.63, 3.8) is 0 Å². The summed E-state index contributed by atoms with van der Waals surface area (Å²) in [6, 6.07) is 0. The molecule has 0 aromatic carbocycles. The third-order valence-corrected chi connectivity index (χ3v) is 3.41. The highest BCUT2D eigenvalue weighted by Crippen LogP contribution is 2.49. The molecular weight excluding hydrogens is 240 g/mol. The minimum Gasteiger partial charge on any atom is -0.478 e. The van der Waals surface area contributed by atoms with Crippen LogP contribution in [0.2, 0.25) is 0 Å². The quantitative estimate of drug-likeness (QED) is 0.715. The first-order valence-corrected chi connectivity index (χ1v) is 4.74. The molecule has 3 atom stereocenters. The third kappa shape index (κ3) is 1.07. The van der Waals surface area contributed by atoms with Crippen LogP contribution >= 0.6 is 15.9 Å². The normalized spacial score (nSPS) is 43.0. The molecule has 13 heavy (non-hydrogen) atoms. The Bertz CT molecular complexity index is 311. The van der Waals surface area contributed by atoms with E-state index in [1.165, 1.54) is 0 Å². The highest BCUT2D eigenvalue weighted by Gasteiger charge is 2.55. The van der Waals surface area contributed by atoms with Crippen molar-refractivity contribution in [2.75, 3.05) is 0 Å². The van der Waals surface area contributed by atoms with Crippen LogP contribution < -0.4 is 0 Å². The van der Waals surface area contributed by atoms with Gasteiger partial charge in [0.25, 0.3) is 0 Å². The number of carboxylic acids is 1. The van der Waals surface area contributed by atoms with E-state index in [9.17, 15) is 9.90 Å². The van der Waals surface area contributed by atoms with Crippen LogP contribution in [0.15, 0.2) is 10.1 Å². The largest absolute Gasteiger partial charge is 0.478 e. The second-order valence-electron chi connectivity index (χ2n) is 3.57. The van der Waals surface area contributed by atoms with E-state index < -0.39 is 23.8 Å². The highest BCUT2D eigenvalue weighted by molar-refractivity contribution is 9.11. The summed E-state index contributed by atoms with van der Waals surface area (Å²) in [4.78, 5) is 10.9. The average molecular weight is 249 g/mol. The summed E-state index contributed by atoms with van der Waals surface area (Å²) in [6.07, 6.45) is -0.729. The van der Waals surface area contributed by atoms with Gasteiger partial charge in [-0.25, -0.2) is 4.79 Å². The predicted molar refractivity (Wildman–Crippen MR) is 47.5 cm³/mol. The van der Waals surface area contributed by atoms with E-state index in [0.29, 0.717) is 10.9 Å². The van der Waals surface area contributed by atoms with Crippen LogP contribution in [0.1, 0.15) is 13.3 Å². The lowest BCUT2D eigenvalue weighted by molar-refractivity contribution is -0.134. The third-order valence-electron chi connectivity index (χ3n) is 2.57. The van der Waals surface area contributed by atoms with Gasteiger partial charge in [0.2, 0.25) is 0 Å². The lowest BCUT2D eigenvalue weighted by Crippen LogP contribution is -2.32. The fourth-order valence-corrected chi connectivity index (χ4v) is 3.01. The Morgan fingerprint density at radius 1 is 1.77 bits per heavy atom. The number of ether oxygens (including phenoxy) is 1. The summed E-state index contributed by atoms with van der Waals surface area (Å²) in [7, 11) is 0. The van der Waals surface area contributed by atoms with Crippen molar-refractivity contribution in [1.82, 2.24) is 0 Å². The van der Waals surface area contributed by atoms with Crippen molar-refractivity contribution in [1.29, 1.82) is 0 Å². The zero-order valence-electron chi connectivity index (χ0n) is 6.95. The molecule has 1 fully saturated rings. The van der Waals surface area contributed by atoms with Gasteiger partial charge in [-0.1, -0.05) is 15.9 Å². The van der Waals surface area contributed by atoms with Gasteiger partial charge in [0.05, 0.1) is 11.7 Å². The summed E-state index contributed by atoms with van der Waals surface area (Å²) < 4.78 is 5.88. The molecule has 2 rings (SSSR count). The van der Waals surface area contributed by atoms with E-state index in [0.717, 1.165) is 0 Å². The number of halogens is 1. The first-order chi connectivity index (χ1) is 5.96. The molecule has 1 saturated heterocycles. The van der Waals surface area contributed by atoms with Crippen LogP contribution in [0.4, 0.5) is 0 Å². The van der Waals surface area contributed by atoms with E-state index in [2.05, 4.69) is 15.9 Å². The van der Waals surface area contributed by atoms with Crippen LogP contribution in [0.5, 0.6) is 0 Å². The molecule has 2 N–H and O–H groups in total. The van der Waals surface area contributed by atoms with Gasteiger partial charge in [0.1, 0.15) is 11.7 Å². The monoisotopic (exact) mass is 248 g/mol. The molecule has 0 aliphatic carbocycles. The Labute approximate surface area is 83.3 Å². The molecule has 2 aliphatic heterocycles. The Balaban J connectivity index is 2.48. The minimum atomic E-state index is -0.983. The number of aliphatic hydroxyl groups excluding tert-OH is 1. The van der Waals surface area contributed by atoms with Crippen molar-refractivity contribution in [3.05, 3.63) is 10.1 Å². The zero-order valence-corrected chi connectivity index (χ0v) is 8.54. The van der Waals surface area contributed by atoms with E-state index in [1.807, 2.05) is 0 Å². The molecule has 0 aromatic rings. The van der Waals surface area contributed by atoms with Crippen LogP contribution in [0, 0.1) is 0 Å². The molecule has 0 unspecified atom stereocenters. The summed E-state index contributed by atoms with van der Waals surface area (Å²) >= 11 is 3.15. The molecule has 0 aromatic heterocycles. The lowest BCUT2D eigenvalue weighted by atomic mass is 9.87. The molecule has 2 heterocycles. The molecule has 0 radical (unpaired) electrons. The Morgan fingerprint density at radius 3 is 2.77 bits per heavy atom. The smallest absolute Gasteiger partial charge is 0.335 e. The summed E-state index contributed by atoms with van der Waals surface area (Å²) in [6.45, 7) is 1.69. The fourth-order valence-electron chi connectivity index (χ4n) is 2.02. The molecule has 0 amide bonds. The van der Waals surface area contributed by atoms with Gasteiger partial charge in [-0.3, -0.25) is 0 Å². The average Bonchev–Trinajstić information content (AvgIpc) is 2.36. The molecule has 2 bridgehead atoms. The van der Waals surface area contributed by atoms with Crippen molar-refractivity contribution >= 4 is 21.9 Å². The van der Waals surface area contributed by atoms with Crippen LogP contribution in [-0.4, -0.2) is 34.0 Å². The molecule has 2 aliphatic rings. The van der Waals surface area contributed by atoms with Crippen LogP contribution in [0.25, 0.3) is 0 Å². The van der Waals surface area contributed by atoms with E-state index >= 15 is 0 Å². The van der Waals surface area contributed by atoms with Crippen LogP contribution in [-0.2, 0) is 9.53 Å². The maximum absolute atomic E-state index is 10.9. The second kappa shape index (κ2) is 2.56. The van der Waals surface area contributed by atoms with Crippen molar-refractivity contribution in [3.8, 4) is 0 Å². The maximum Gasteiger partial charge on any atom is 0.335 e. The van der Waals surface area contributed by atoms with Crippen LogP contribution in [0.3, 0.4) is 0 Å². The number of aliphatic carboxylic acids is 1. The molecule has 5 heteroatoms. The predicted octanol–water partition coefficient (Wildman–Crippen LogP) is 0.642. The summed E-state index contributed by atoms with van der Waals surface area (Å²) in [5, 5.41) is 18.4. The number of aliphatic hydroxyl groups is 1. The molecule has 4 nitrogen and oxygen atoms in total.